The van der Waals surface area contributed by atoms with E-state index in [1.807, 2.05) is 17.5 Å². The number of benzene rings is 1. The van der Waals surface area contributed by atoms with Crippen LogP contribution in [0.5, 0.6) is 0 Å². The lowest BCUT2D eigenvalue weighted by Gasteiger charge is -2.27. The molecule has 8 heteroatoms. The number of nitrogens with zero attached hydrogens (tertiary/aromatic N) is 1. The normalized spacial score (nSPS) is 16.9. The van der Waals surface area contributed by atoms with Crippen molar-refractivity contribution in [3.63, 3.8) is 0 Å². The van der Waals surface area contributed by atoms with Crippen LogP contribution in [0, 0.1) is 0 Å². The van der Waals surface area contributed by atoms with E-state index in [1.54, 1.807) is 35.7 Å². The number of rotatable bonds is 5. The van der Waals surface area contributed by atoms with Crippen molar-refractivity contribution in [2.24, 2.45) is 0 Å². The van der Waals surface area contributed by atoms with Gasteiger partial charge in [-0.25, -0.2) is 0 Å². The number of aliphatic hydroxyl groups is 1. The van der Waals surface area contributed by atoms with E-state index in [4.69, 9.17) is 23.2 Å². The minimum atomic E-state index is -0.870. The van der Waals surface area contributed by atoms with Gasteiger partial charge in [-0.05, 0) is 35.0 Å². The molecule has 4 nitrogen and oxygen atoms in total. The second kappa shape index (κ2) is 7.72. The average molecular weight is 450 g/mol. The molecule has 1 aromatic carbocycles. The topological polar surface area (TPSA) is 57.6 Å². The molecule has 28 heavy (non-hydrogen) atoms. The first kappa shape index (κ1) is 19.2. The van der Waals surface area contributed by atoms with Crippen molar-refractivity contribution in [1.29, 1.82) is 0 Å². The number of halogens is 2. The molecule has 0 saturated carbocycles. The van der Waals surface area contributed by atoms with Crippen LogP contribution < -0.4 is 0 Å². The maximum absolute atomic E-state index is 13.1. The lowest BCUT2D eigenvalue weighted by molar-refractivity contribution is -0.130. The third-order valence-electron chi connectivity index (χ3n) is 4.47. The van der Waals surface area contributed by atoms with Gasteiger partial charge in [0, 0.05) is 20.5 Å². The van der Waals surface area contributed by atoms with Gasteiger partial charge in [0.2, 0.25) is 5.78 Å². The molecule has 1 atom stereocenters. The molecule has 1 amide bonds. The van der Waals surface area contributed by atoms with E-state index in [0.717, 1.165) is 4.88 Å². The van der Waals surface area contributed by atoms with Gasteiger partial charge in [0.05, 0.1) is 23.0 Å². The first-order valence-corrected chi connectivity index (χ1v) is 10.8. The van der Waals surface area contributed by atoms with E-state index in [2.05, 4.69) is 0 Å². The van der Waals surface area contributed by atoms with Crippen molar-refractivity contribution < 1.29 is 14.7 Å². The molecule has 0 aliphatic carbocycles. The van der Waals surface area contributed by atoms with Crippen LogP contribution >= 0.6 is 45.9 Å². The summed E-state index contributed by atoms with van der Waals surface area (Å²) in [6.07, 6.45) is 0. The summed E-state index contributed by atoms with van der Waals surface area (Å²) in [4.78, 5) is 28.8. The Hall–Kier alpha value is -2.12. The molecule has 0 fully saturated rings. The predicted octanol–water partition coefficient (Wildman–Crippen LogP) is 5.89. The van der Waals surface area contributed by atoms with Gasteiger partial charge in [0.25, 0.3) is 5.91 Å². The van der Waals surface area contributed by atoms with Crippen LogP contribution in [0.25, 0.3) is 0 Å². The summed E-state index contributed by atoms with van der Waals surface area (Å²) in [6, 6.07) is 11.3. The summed E-state index contributed by atoms with van der Waals surface area (Å²) in [7, 11) is 0. The van der Waals surface area contributed by atoms with Gasteiger partial charge in [-0.15, -0.1) is 22.7 Å². The first-order chi connectivity index (χ1) is 13.5. The van der Waals surface area contributed by atoms with Gasteiger partial charge >= 0.3 is 0 Å². The summed E-state index contributed by atoms with van der Waals surface area (Å²) in [6.45, 7) is 0.230. The van der Waals surface area contributed by atoms with Crippen LogP contribution in [0.1, 0.15) is 26.2 Å². The second-order valence-corrected chi connectivity index (χ2v) is 8.91. The lowest BCUT2D eigenvalue weighted by atomic mass is 9.95. The van der Waals surface area contributed by atoms with Crippen LogP contribution in [0.3, 0.4) is 0 Å². The highest BCUT2D eigenvalue weighted by Gasteiger charge is 2.45. The fourth-order valence-corrected chi connectivity index (χ4v) is 5.22. The Balaban J connectivity index is 1.87. The summed E-state index contributed by atoms with van der Waals surface area (Å²) >= 11 is 15.6. The van der Waals surface area contributed by atoms with Crippen molar-refractivity contribution in [2.75, 3.05) is 0 Å². The van der Waals surface area contributed by atoms with Gasteiger partial charge in [0.15, 0.2) is 5.76 Å². The van der Waals surface area contributed by atoms with Crippen molar-refractivity contribution >= 4 is 57.6 Å². The van der Waals surface area contributed by atoms with Gasteiger partial charge < -0.3 is 10.0 Å². The van der Waals surface area contributed by atoms with E-state index in [1.165, 1.54) is 27.6 Å². The third kappa shape index (κ3) is 3.26. The van der Waals surface area contributed by atoms with Crippen molar-refractivity contribution in [2.45, 2.75) is 12.6 Å². The molecule has 0 bridgehead atoms. The largest absolute Gasteiger partial charge is 0.503 e. The van der Waals surface area contributed by atoms with Crippen molar-refractivity contribution in [3.8, 4) is 0 Å². The van der Waals surface area contributed by atoms with E-state index in [-0.39, 0.29) is 12.1 Å². The Morgan fingerprint density at radius 1 is 1.04 bits per heavy atom. The van der Waals surface area contributed by atoms with Gasteiger partial charge in [-0.2, -0.15) is 0 Å². The van der Waals surface area contributed by atoms with Crippen LogP contribution in [0.4, 0.5) is 0 Å². The molecule has 1 N–H and O–H groups in total. The molecular weight excluding hydrogens is 437 g/mol. The molecule has 142 valence electrons. The number of hydrogen-bond acceptors (Lipinski definition) is 5. The number of carbonyl (C=O) groups is 2. The molecule has 1 aliphatic rings. The Kier molecular flexibility index (Phi) is 5.29. The highest BCUT2D eigenvalue weighted by molar-refractivity contribution is 7.12. The van der Waals surface area contributed by atoms with Crippen molar-refractivity contribution in [1.82, 2.24) is 4.90 Å². The van der Waals surface area contributed by atoms with E-state index >= 15 is 0 Å². The molecule has 2 aromatic heterocycles. The number of Topliss-reactive ketones (excluding diaryl/α,β-unsaturated/α-hetero) is 1. The minimum absolute atomic E-state index is 0.000920. The van der Waals surface area contributed by atoms with Crippen LogP contribution in [-0.4, -0.2) is 21.7 Å². The van der Waals surface area contributed by atoms with Crippen LogP contribution in [0.15, 0.2) is 64.6 Å². The Morgan fingerprint density at radius 3 is 2.32 bits per heavy atom. The minimum Gasteiger partial charge on any atom is -0.503 e. The number of hydrogen-bond donors (Lipinski definition) is 1. The summed E-state index contributed by atoms with van der Waals surface area (Å²) < 4.78 is 0. The van der Waals surface area contributed by atoms with Crippen LogP contribution in [-0.2, 0) is 11.3 Å². The van der Waals surface area contributed by atoms with Crippen LogP contribution in [0.2, 0.25) is 10.0 Å². The predicted molar refractivity (Wildman–Crippen MR) is 112 cm³/mol. The highest BCUT2D eigenvalue weighted by Crippen LogP contribution is 2.45. The summed E-state index contributed by atoms with van der Waals surface area (Å²) in [5, 5.41) is 14.9. The highest BCUT2D eigenvalue weighted by atomic mass is 35.5. The monoisotopic (exact) mass is 449 g/mol. The quantitative estimate of drug-likeness (QED) is 0.493. The molecule has 0 saturated heterocycles. The average Bonchev–Trinajstić information content (AvgIpc) is 3.41. The van der Waals surface area contributed by atoms with Crippen molar-refractivity contribution in [3.05, 3.63) is 89.9 Å². The molecule has 4 rings (SSSR count). The van der Waals surface area contributed by atoms with Gasteiger partial charge in [-0.1, -0.05) is 41.4 Å². The molecule has 0 radical (unpaired) electrons. The number of carbonyl (C=O) groups excluding carboxylic acids is 2. The summed E-state index contributed by atoms with van der Waals surface area (Å²) in [5.41, 5.74) is 0.429. The van der Waals surface area contributed by atoms with Gasteiger partial charge in [0.1, 0.15) is 0 Å². The third-order valence-corrected chi connectivity index (χ3v) is 6.86. The number of ketones is 1. The molecule has 3 aromatic rings. The van der Waals surface area contributed by atoms with E-state index in [9.17, 15) is 14.7 Å². The van der Waals surface area contributed by atoms with Gasteiger partial charge in [-0.3, -0.25) is 9.59 Å². The summed E-state index contributed by atoms with van der Waals surface area (Å²) in [5.74, 6) is -1.58. The zero-order chi connectivity index (χ0) is 19.8. The number of aliphatic hydroxyl groups excluding tert-OH is 1. The maximum Gasteiger partial charge on any atom is 0.290 e. The Morgan fingerprint density at radius 2 is 1.71 bits per heavy atom. The fourth-order valence-electron chi connectivity index (χ4n) is 3.23. The molecule has 1 unspecified atom stereocenters. The second-order valence-electron chi connectivity index (χ2n) is 6.12. The number of thiophene rings is 2. The van der Waals surface area contributed by atoms with E-state index < -0.39 is 23.5 Å². The fraction of sp³-hybridized carbons (Fsp3) is 0.100. The Bertz CT molecular complexity index is 1050. The maximum atomic E-state index is 13.1. The lowest BCUT2D eigenvalue weighted by Crippen LogP contribution is -2.30. The SMILES string of the molecule is O=C(C1=C(O)C(=O)N(Cc2cccs2)C1c1c(Cl)cccc1Cl)c1cccs1. The first-order valence-electron chi connectivity index (χ1n) is 8.27. The Labute approximate surface area is 179 Å². The standard InChI is InChI=1S/C20H13Cl2NO3S2/c21-12-5-1-6-13(22)15(12)17-16(18(24)14-7-3-9-28-14)19(25)20(26)23(17)10-11-4-2-8-27-11/h1-9,17,25H,10H2. The van der Waals surface area contributed by atoms with E-state index in [0.29, 0.717) is 20.5 Å². The molecular formula is C20H13Cl2NO3S2. The zero-order valence-corrected chi connectivity index (χ0v) is 17.4. The molecule has 3 heterocycles. The molecule has 1 aliphatic heterocycles. The number of amides is 1. The smallest absolute Gasteiger partial charge is 0.290 e. The molecule has 0 spiro atoms. The zero-order valence-electron chi connectivity index (χ0n) is 14.3.